The van der Waals surface area contributed by atoms with Gasteiger partial charge in [0.1, 0.15) is 0 Å². The maximum Gasteiger partial charge on any atom is 0.234 e. The summed E-state index contributed by atoms with van der Waals surface area (Å²) >= 11 is 0. The Labute approximate surface area is 126 Å². The van der Waals surface area contributed by atoms with E-state index in [-0.39, 0.29) is 5.41 Å². The number of nitrogens with zero attached hydrogens (tertiary/aromatic N) is 2. The summed E-state index contributed by atoms with van der Waals surface area (Å²) in [5.74, 6) is 1.61. The molecule has 0 aliphatic carbocycles. The molecule has 1 aromatic heterocycles. The van der Waals surface area contributed by atoms with E-state index >= 15 is 0 Å². The average molecular weight is 285 g/mol. The topological polar surface area (TPSA) is 51.0 Å². The molecule has 2 aromatic rings. The van der Waals surface area contributed by atoms with Gasteiger partial charge in [0.05, 0.1) is 5.41 Å². The zero-order valence-electron chi connectivity index (χ0n) is 12.9. The van der Waals surface area contributed by atoms with Crippen molar-refractivity contribution in [1.29, 1.82) is 0 Å². The first-order chi connectivity index (χ1) is 10.2. The van der Waals surface area contributed by atoms with Crippen LogP contribution in [0.2, 0.25) is 0 Å². The van der Waals surface area contributed by atoms with E-state index in [4.69, 9.17) is 9.51 Å². The molecular formula is C17H23N3O. The molecule has 1 aliphatic heterocycles. The summed E-state index contributed by atoms with van der Waals surface area (Å²) in [4.78, 5) is 4.69. The van der Waals surface area contributed by atoms with E-state index in [1.807, 2.05) is 0 Å². The molecule has 4 heteroatoms. The van der Waals surface area contributed by atoms with Gasteiger partial charge >= 0.3 is 0 Å². The highest BCUT2D eigenvalue weighted by Gasteiger charge is 2.39. The second kappa shape index (κ2) is 5.98. The Morgan fingerprint density at radius 3 is 3.00 bits per heavy atom. The Morgan fingerprint density at radius 2 is 2.29 bits per heavy atom. The molecule has 0 amide bonds. The first-order valence-corrected chi connectivity index (χ1v) is 7.81. The summed E-state index contributed by atoms with van der Waals surface area (Å²) in [5.41, 5.74) is 2.54. The van der Waals surface area contributed by atoms with E-state index < -0.39 is 0 Å². The van der Waals surface area contributed by atoms with Crippen molar-refractivity contribution in [2.45, 2.75) is 44.9 Å². The standard InChI is InChI=1S/C17H23N3O/c1-3-7-17(8-9-18-12-17)16-19-15(20-21-16)11-14-6-4-5-13(2)10-14/h4-6,10,18H,3,7-9,11-12H2,1-2H3. The van der Waals surface area contributed by atoms with Crippen LogP contribution < -0.4 is 5.32 Å². The third-order valence-corrected chi connectivity index (χ3v) is 4.34. The van der Waals surface area contributed by atoms with E-state index in [9.17, 15) is 0 Å². The molecule has 0 saturated carbocycles. The number of nitrogens with one attached hydrogen (secondary N) is 1. The first kappa shape index (κ1) is 14.3. The van der Waals surface area contributed by atoms with Crippen molar-refractivity contribution in [3.05, 3.63) is 47.1 Å². The third kappa shape index (κ3) is 3.00. The predicted octanol–water partition coefficient (Wildman–Crippen LogP) is 3.00. The first-order valence-electron chi connectivity index (χ1n) is 7.81. The fraction of sp³-hybridized carbons (Fsp3) is 0.529. The van der Waals surface area contributed by atoms with Crippen molar-refractivity contribution >= 4 is 0 Å². The van der Waals surface area contributed by atoms with Gasteiger partial charge in [-0.15, -0.1) is 0 Å². The molecule has 1 atom stereocenters. The monoisotopic (exact) mass is 285 g/mol. The minimum Gasteiger partial charge on any atom is -0.339 e. The van der Waals surface area contributed by atoms with Crippen LogP contribution in [0.15, 0.2) is 28.8 Å². The van der Waals surface area contributed by atoms with Gasteiger partial charge in [0.25, 0.3) is 0 Å². The van der Waals surface area contributed by atoms with Gasteiger partial charge in [-0.25, -0.2) is 0 Å². The molecule has 2 heterocycles. The van der Waals surface area contributed by atoms with E-state index in [1.54, 1.807) is 0 Å². The molecule has 1 fully saturated rings. The third-order valence-electron chi connectivity index (χ3n) is 4.34. The molecule has 0 bridgehead atoms. The number of rotatable bonds is 5. The number of hydrogen-bond acceptors (Lipinski definition) is 4. The summed E-state index contributed by atoms with van der Waals surface area (Å²) in [6.45, 7) is 6.30. The van der Waals surface area contributed by atoms with E-state index in [0.29, 0.717) is 0 Å². The summed E-state index contributed by atoms with van der Waals surface area (Å²) < 4.78 is 5.61. The molecule has 4 nitrogen and oxygen atoms in total. The lowest BCUT2D eigenvalue weighted by Gasteiger charge is -2.22. The van der Waals surface area contributed by atoms with Crippen molar-refractivity contribution in [3.8, 4) is 0 Å². The smallest absolute Gasteiger partial charge is 0.234 e. The van der Waals surface area contributed by atoms with Gasteiger partial charge in [-0.3, -0.25) is 0 Å². The van der Waals surface area contributed by atoms with Crippen LogP contribution in [0, 0.1) is 6.92 Å². The molecule has 1 aliphatic rings. The molecule has 21 heavy (non-hydrogen) atoms. The van der Waals surface area contributed by atoms with Crippen LogP contribution in [0.1, 0.15) is 49.0 Å². The van der Waals surface area contributed by atoms with Gasteiger partial charge in [0.2, 0.25) is 5.89 Å². The molecule has 112 valence electrons. The molecule has 3 rings (SSSR count). The highest BCUT2D eigenvalue weighted by Crippen LogP contribution is 2.34. The maximum atomic E-state index is 5.61. The Kier molecular flexibility index (Phi) is 4.06. The number of aromatic nitrogens is 2. The van der Waals surface area contributed by atoms with Gasteiger partial charge in [-0.1, -0.05) is 48.3 Å². The van der Waals surface area contributed by atoms with E-state index in [2.05, 4.69) is 48.6 Å². The lowest BCUT2D eigenvalue weighted by atomic mass is 9.82. The van der Waals surface area contributed by atoms with Crippen LogP contribution in [0.4, 0.5) is 0 Å². The van der Waals surface area contributed by atoms with Crippen molar-refractivity contribution in [3.63, 3.8) is 0 Å². The van der Waals surface area contributed by atoms with E-state index in [0.717, 1.165) is 50.5 Å². The Balaban J connectivity index is 1.79. The predicted molar refractivity (Wildman–Crippen MR) is 82.4 cm³/mol. The summed E-state index contributed by atoms with van der Waals surface area (Å²) in [7, 11) is 0. The van der Waals surface area contributed by atoms with Crippen LogP contribution in [0.5, 0.6) is 0 Å². The zero-order chi connectivity index (χ0) is 14.7. The van der Waals surface area contributed by atoms with Gasteiger partial charge in [0.15, 0.2) is 5.82 Å². The SMILES string of the molecule is CCCC1(c2nc(Cc3cccc(C)c3)no2)CCNC1. The minimum atomic E-state index is 0.0482. The van der Waals surface area contributed by atoms with Crippen molar-refractivity contribution in [2.75, 3.05) is 13.1 Å². The normalized spacial score (nSPS) is 21.8. The second-order valence-corrected chi connectivity index (χ2v) is 6.14. The molecule has 1 N–H and O–H groups in total. The summed E-state index contributed by atoms with van der Waals surface area (Å²) in [6, 6.07) is 8.47. The molecule has 1 aromatic carbocycles. The number of hydrogen-bond donors (Lipinski definition) is 1. The Hall–Kier alpha value is -1.68. The Morgan fingerprint density at radius 1 is 1.38 bits per heavy atom. The molecule has 1 unspecified atom stereocenters. The minimum absolute atomic E-state index is 0.0482. The summed E-state index contributed by atoms with van der Waals surface area (Å²) in [6.07, 6.45) is 4.07. The molecular weight excluding hydrogens is 262 g/mol. The quantitative estimate of drug-likeness (QED) is 0.917. The van der Waals surface area contributed by atoms with Gasteiger partial charge in [0, 0.05) is 13.0 Å². The summed E-state index contributed by atoms with van der Waals surface area (Å²) in [5, 5.41) is 7.63. The van der Waals surface area contributed by atoms with Crippen LogP contribution in [-0.4, -0.2) is 23.2 Å². The Bertz CT molecular complexity index is 600. The van der Waals surface area contributed by atoms with Gasteiger partial charge in [-0.05, 0) is 31.9 Å². The lowest BCUT2D eigenvalue weighted by molar-refractivity contribution is 0.276. The molecule has 0 spiro atoms. The van der Waals surface area contributed by atoms with Crippen LogP contribution >= 0.6 is 0 Å². The van der Waals surface area contributed by atoms with Crippen molar-refractivity contribution in [1.82, 2.24) is 15.5 Å². The highest BCUT2D eigenvalue weighted by atomic mass is 16.5. The largest absolute Gasteiger partial charge is 0.339 e. The molecule has 1 saturated heterocycles. The maximum absolute atomic E-state index is 5.61. The lowest BCUT2D eigenvalue weighted by Crippen LogP contribution is -2.29. The number of aryl methyl sites for hydroxylation is 1. The fourth-order valence-electron chi connectivity index (χ4n) is 3.27. The van der Waals surface area contributed by atoms with Crippen LogP contribution in [0.25, 0.3) is 0 Å². The second-order valence-electron chi connectivity index (χ2n) is 6.14. The fourth-order valence-corrected chi connectivity index (χ4v) is 3.27. The van der Waals surface area contributed by atoms with Gasteiger partial charge < -0.3 is 9.84 Å². The van der Waals surface area contributed by atoms with E-state index in [1.165, 1.54) is 11.1 Å². The van der Waals surface area contributed by atoms with Crippen molar-refractivity contribution < 1.29 is 4.52 Å². The molecule has 0 radical (unpaired) electrons. The van der Waals surface area contributed by atoms with Crippen LogP contribution in [0.3, 0.4) is 0 Å². The average Bonchev–Trinajstić information content (AvgIpc) is 3.09. The highest BCUT2D eigenvalue weighted by molar-refractivity contribution is 5.25. The number of benzene rings is 1. The van der Waals surface area contributed by atoms with Gasteiger partial charge in [-0.2, -0.15) is 4.98 Å². The van der Waals surface area contributed by atoms with Crippen LogP contribution in [-0.2, 0) is 11.8 Å². The zero-order valence-corrected chi connectivity index (χ0v) is 12.9. The van der Waals surface area contributed by atoms with Crippen molar-refractivity contribution in [2.24, 2.45) is 0 Å².